The molecule has 2 heterocycles. The molecule has 20 heavy (non-hydrogen) atoms. The fourth-order valence-corrected chi connectivity index (χ4v) is 3.84. The predicted molar refractivity (Wildman–Crippen MR) is 88.5 cm³/mol. The highest BCUT2D eigenvalue weighted by Gasteiger charge is 2.22. The predicted octanol–water partition coefficient (Wildman–Crippen LogP) is 2.81. The summed E-state index contributed by atoms with van der Waals surface area (Å²) in [4.78, 5) is 6.37. The van der Waals surface area contributed by atoms with Gasteiger partial charge in [0, 0.05) is 23.5 Å². The van der Waals surface area contributed by atoms with Crippen LogP contribution < -0.4 is 5.32 Å². The average Bonchev–Trinajstić information content (AvgIpc) is 2.93. The molecule has 1 atom stereocenters. The molecule has 4 heteroatoms. The lowest BCUT2D eigenvalue weighted by Gasteiger charge is -2.36. The summed E-state index contributed by atoms with van der Waals surface area (Å²) in [6, 6.07) is 6.28. The first-order chi connectivity index (χ1) is 9.58. The lowest BCUT2D eigenvalue weighted by molar-refractivity contribution is 0.156. The Bertz CT molecular complexity index is 367. The zero-order chi connectivity index (χ0) is 14.5. The van der Waals surface area contributed by atoms with Crippen LogP contribution in [0.3, 0.4) is 0 Å². The highest BCUT2D eigenvalue weighted by atomic mass is 32.1. The Morgan fingerprint density at radius 1 is 1.35 bits per heavy atom. The molecule has 1 fully saturated rings. The molecule has 1 unspecified atom stereocenters. The zero-order valence-electron chi connectivity index (χ0n) is 13.3. The Morgan fingerprint density at radius 3 is 2.55 bits per heavy atom. The number of likely N-dealkylation sites (tertiary alicyclic amines) is 1. The fraction of sp³-hybridized carbons (Fsp3) is 0.750. The number of rotatable bonds is 6. The van der Waals surface area contributed by atoms with Crippen LogP contribution in [0.25, 0.3) is 0 Å². The van der Waals surface area contributed by atoms with E-state index in [1.165, 1.54) is 30.8 Å². The maximum Gasteiger partial charge on any atom is 0.0561 e. The number of hydrogen-bond acceptors (Lipinski definition) is 4. The molecule has 1 aliphatic heterocycles. The van der Waals surface area contributed by atoms with Gasteiger partial charge in [0.05, 0.1) is 6.04 Å². The second-order valence-electron chi connectivity index (χ2n) is 6.31. The van der Waals surface area contributed by atoms with Crippen LogP contribution >= 0.6 is 11.3 Å². The smallest absolute Gasteiger partial charge is 0.0561 e. The van der Waals surface area contributed by atoms with Crippen LogP contribution in [0.5, 0.6) is 0 Å². The van der Waals surface area contributed by atoms with Crippen LogP contribution in [0, 0.1) is 0 Å². The molecule has 0 radical (unpaired) electrons. The lowest BCUT2D eigenvalue weighted by atomic mass is 10.0. The van der Waals surface area contributed by atoms with Gasteiger partial charge in [-0.1, -0.05) is 6.07 Å². The van der Waals surface area contributed by atoms with Gasteiger partial charge < -0.3 is 15.1 Å². The number of nitrogens with zero attached hydrogens (tertiary/aromatic N) is 2. The van der Waals surface area contributed by atoms with E-state index in [0.717, 1.165) is 6.54 Å². The van der Waals surface area contributed by atoms with Gasteiger partial charge in [-0.2, -0.15) is 0 Å². The molecule has 0 aliphatic carbocycles. The summed E-state index contributed by atoms with van der Waals surface area (Å²) in [5.74, 6) is 0. The second kappa shape index (κ2) is 7.55. The SMILES string of the molecule is CC(C)N1CCC(NCC(c2cccs2)N(C)C)CC1. The Morgan fingerprint density at radius 2 is 2.05 bits per heavy atom. The van der Waals surface area contributed by atoms with Crippen molar-refractivity contribution < 1.29 is 0 Å². The van der Waals surface area contributed by atoms with E-state index >= 15 is 0 Å². The summed E-state index contributed by atoms with van der Waals surface area (Å²) in [6.45, 7) is 8.13. The van der Waals surface area contributed by atoms with E-state index in [-0.39, 0.29) is 0 Å². The molecule has 1 N–H and O–H groups in total. The van der Waals surface area contributed by atoms with Crippen molar-refractivity contribution >= 4 is 11.3 Å². The molecule has 0 bridgehead atoms. The van der Waals surface area contributed by atoms with Crippen molar-refractivity contribution in [2.45, 2.75) is 44.8 Å². The molecule has 1 aliphatic rings. The van der Waals surface area contributed by atoms with Gasteiger partial charge in [-0.3, -0.25) is 0 Å². The molecule has 1 aromatic heterocycles. The zero-order valence-corrected chi connectivity index (χ0v) is 14.1. The normalized spacial score (nSPS) is 19.9. The van der Waals surface area contributed by atoms with Gasteiger partial charge in [-0.25, -0.2) is 0 Å². The van der Waals surface area contributed by atoms with Crippen LogP contribution in [0.15, 0.2) is 17.5 Å². The van der Waals surface area contributed by atoms with Crippen LogP contribution in [0.1, 0.15) is 37.6 Å². The van der Waals surface area contributed by atoms with Crippen molar-refractivity contribution in [3.8, 4) is 0 Å². The molecule has 1 saturated heterocycles. The molecule has 1 aromatic rings. The third-order valence-electron chi connectivity index (χ3n) is 4.35. The molecular formula is C16H29N3S. The van der Waals surface area contributed by atoms with Gasteiger partial charge in [-0.15, -0.1) is 11.3 Å². The molecule has 0 amide bonds. The fourth-order valence-electron chi connectivity index (χ4n) is 2.92. The minimum Gasteiger partial charge on any atom is -0.312 e. The van der Waals surface area contributed by atoms with E-state index in [9.17, 15) is 0 Å². The van der Waals surface area contributed by atoms with Crippen molar-refractivity contribution in [1.29, 1.82) is 0 Å². The number of hydrogen-bond donors (Lipinski definition) is 1. The van der Waals surface area contributed by atoms with Gasteiger partial charge in [0.25, 0.3) is 0 Å². The highest BCUT2D eigenvalue weighted by Crippen LogP contribution is 2.23. The summed E-state index contributed by atoms with van der Waals surface area (Å²) in [6.07, 6.45) is 2.56. The number of nitrogens with one attached hydrogen (secondary N) is 1. The summed E-state index contributed by atoms with van der Waals surface area (Å²) >= 11 is 1.86. The Balaban J connectivity index is 1.80. The summed E-state index contributed by atoms with van der Waals surface area (Å²) in [7, 11) is 4.35. The molecule has 0 saturated carbocycles. The van der Waals surface area contributed by atoms with E-state index in [1.54, 1.807) is 0 Å². The molecular weight excluding hydrogens is 266 g/mol. The van der Waals surface area contributed by atoms with Crippen LogP contribution in [0.2, 0.25) is 0 Å². The number of piperidine rings is 1. The standard InChI is InChI=1S/C16H29N3S/c1-13(2)19-9-7-14(8-10-19)17-12-15(18(3)4)16-6-5-11-20-16/h5-6,11,13-15,17H,7-10,12H2,1-4H3. The van der Waals surface area contributed by atoms with Crippen LogP contribution in [0.4, 0.5) is 0 Å². The Kier molecular flexibility index (Phi) is 6.02. The minimum atomic E-state index is 0.498. The topological polar surface area (TPSA) is 18.5 Å². The number of thiophene rings is 1. The maximum absolute atomic E-state index is 3.79. The van der Waals surface area contributed by atoms with Gasteiger partial charge in [0.2, 0.25) is 0 Å². The third kappa shape index (κ3) is 4.29. The van der Waals surface area contributed by atoms with E-state index in [1.807, 2.05) is 11.3 Å². The minimum absolute atomic E-state index is 0.498. The second-order valence-corrected chi connectivity index (χ2v) is 7.29. The Labute approximate surface area is 128 Å². The first kappa shape index (κ1) is 16.0. The molecule has 3 nitrogen and oxygen atoms in total. The van der Waals surface area contributed by atoms with E-state index in [2.05, 4.69) is 60.6 Å². The quantitative estimate of drug-likeness (QED) is 0.870. The maximum atomic E-state index is 3.79. The van der Waals surface area contributed by atoms with Crippen molar-refractivity contribution in [2.24, 2.45) is 0 Å². The van der Waals surface area contributed by atoms with Gasteiger partial charge in [0.1, 0.15) is 0 Å². The third-order valence-corrected chi connectivity index (χ3v) is 5.33. The van der Waals surface area contributed by atoms with Crippen molar-refractivity contribution in [2.75, 3.05) is 33.7 Å². The highest BCUT2D eigenvalue weighted by molar-refractivity contribution is 7.10. The van der Waals surface area contributed by atoms with E-state index in [0.29, 0.717) is 18.1 Å². The van der Waals surface area contributed by atoms with E-state index < -0.39 is 0 Å². The molecule has 2 rings (SSSR count). The van der Waals surface area contributed by atoms with Gasteiger partial charge in [0.15, 0.2) is 0 Å². The van der Waals surface area contributed by atoms with E-state index in [4.69, 9.17) is 0 Å². The first-order valence-electron chi connectivity index (χ1n) is 7.75. The largest absolute Gasteiger partial charge is 0.312 e. The van der Waals surface area contributed by atoms with Crippen LogP contribution in [-0.4, -0.2) is 55.6 Å². The van der Waals surface area contributed by atoms with Crippen LogP contribution in [-0.2, 0) is 0 Å². The van der Waals surface area contributed by atoms with Crippen molar-refractivity contribution in [3.63, 3.8) is 0 Å². The molecule has 114 valence electrons. The average molecular weight is 295 g/mol. The van der Waals surface area contributed by atoms with Gasteiger partial charge in [-0.05, 0) is 65.3 Å². The number of likely N-dealkylation sites (N-methyl/N-ethyl adjacent to an activating group) is 1. The summed E-state index contributed by atoms with van der Waals surface area (Å²) in [5, 5.41) is 5.96. The molecule has 0 spiro atoms. The van der Waals surface area contributed by atoms with Crippen molar-refractivity contribution in [3.05, 3.63) is 22.4 Å². The lowest BCUT2D eigenvalue weighted by Crippen LogP contribution is -2.46. The first-order valence-corrected chi connectivity index (χ1v) is 8.63. The molecule has 0 aromatic carbocycles. The Hall–Kier alpha value is -0.420. The monoisotopic (exact) mass is 295 g/mol. The van der Waals surface area contributed by atoms with Gasteiger partial charge >= 0.3 is 0 Å². The summed E-state index contributed by atoms with van der Waals surface area (Å²) in [5.41, 5.74) is 0. The summed E-state index contributed by atoms with van der Waals surface area (Å²) < 4.78 is 0. The van der Waals surface area contributed by atoms with Crippen molar-refractivity contribution in [1.82, 2.24) is 15.1 Å².